The first kappa shape index (κ1) is 14.7. The van der Waals surface area contributed by atoms with E-state index in [4.69, 9.17) is 4.74 Å². The largest absolute Gasteiger partial charge is 0.377 e. The number of methoxy groups -OCH3 is 1. The van der Waals surface area contributed by atoms with Gasteiger partial charge in [0.05, 0.1) is 0 Å². The second-order valence-electron chi connectivity index (χ2n) is 5.50. The minimum Gasteiger partial charge on any atom is -0.377 e. The summed E-state index contributed by atoms with van der Waals surface area (Å²) in [6.07, 6.45) is 8.04. The predicted octanol–water partition coefficient (Wildman–Crippen LogP) is 3.48. The van der Waals surface area contributed by atoms with Crippen LogP contribution in [-0.2, 0) is 11.3 Å². The van der Waals surface area contributed by atoms with Gasteiger partial charge in [0.25, 0.3) is 0 Å². The van der Waals surface area contributed by atoms with Gasteiger partial charge in [0, 0.05) is 31.7 Å². The van der Waals surface area contributed by atoms with Crippen LogP contribution in [0.15, 0.2) is 0 Å². The second kappa shape index (κ2) is 7.20. The van der Waals surface area contributed by atoms with E-state index in [1.54, 1.807) is 7.11 Å². The van der Waals surface area contributed by atoms with Crippen molar-refractivity contribution in [3.63, 3.8) is 0 Å². The molecule has 2 rings (SSSR count). The molecule has 108 valence electrons. The topological polar surface area (TPSA) is 38.2 Å². The average Bonchev–Trinajstić information content (AvgIpc) is 2.88. The van der Waals surface area contributed by atoms with E-state index in [1.807, 2.05) is 0 Å². The van der Waals surface area contributed by atoms with Crippen molar-refractivity contribution in [2.75, 3.05) is 19.1 Å². The summed E-state index contributed by atoms with van der Waals surface area (Å²) < 4.78 is 9.40. The first-order valence-corrected chi connectivity index (χ1v) is 8.06. The van der Waals surface area contributed by atoms with Crippen molar-refractivity contribution >= 4 is 16.7 Å². The highest BCUT2D eigenvalue weighted by molar-refractivity contribution is 7.09. The lowest BCUT2D eigenvalue weighted by Crippen LogP contribution is -2.35. The summed E-state index contributed by atoms with van der Waals surface area (Å²) in [5.74, 6) is 1.75. The number of hydrogen-bond acceptors (Lipinski definition) is 5. The summed E-state index contributed by atoms with van der Waals surface area (Å²) in [6.45, 7) is 2.80. The van der Waals surface area contributed by atoms with Crippen LogP contribution < -0.4 is 4.90 Å². The molecule has 1 aromatic heterocycles. The van der Waals surface area contributed by atoms with E-state index in [1.165, 1.54) is 50.1 Å². The van der Waals surface area contributed by atoms with Gasteiger partial charge in [0.2, 0.25) is 5.13 Å². The maximum atomic E-state index is 5.07. The van der Waals surface area contributed by atoms with Crippen LogP contribution >= 0.6 is 11.5 Å². The zero-order chi connectivity index (χ0) is 13.7. The summed E-state index contributed by atoms with van der Waals surface area (Å²) in [6, 6.07) is 0.636. The van der Waals surface area contributed by atoms with Crippen molar-refractivity contribution in [3.8, 4) is 0 Å². The van der Waals surface area contributed by atoms with Crippen LogP contribution in [-0.4, -0.2) is 29.6 Å². The first-order valence-electron chi connectivity index (χ1n) is 7.29. The molecule has 0 aromatic carbocycles. The summed E-state index contributed by atoms with van der Waals surface area (Å²) >= 11 is 1.49. The maximum absolute atomic E-state index is 5.07. The Kier molecular flexibility index (Phi) is 5.58. The lowest BCUT2D eigenvalue weighted by atomic mass is 9.83. The fraction of sp³-hybridized carbons (Fsp3) is 0.857. The van der Waals surface area contributed by atoms with Crippen LogP contribution in [0.3, 0.4) is 0 Å². The van der Waals surface area contributed by atoms with E-state index in [0.29, 0.717) is 12.6 Å². The molecule has 1 aliphatic rings. The summed E-state index contributed by atoms with van der Waals surface area (Å²) in [5, 5.41) is 1.03. The van der Waals surface area contributed by atoms with E-state index < -0.39 is 0 Å². The van der Waals surface area contributed by atoms with Crippen LogP contribution in [0, 0.1) is 5.92 Å². The second-order valence-corrected chi connectivity index (χ2v) is 6.23. The molecule has 0 amide bonds. The highest BCUT2D eigenvalue weighted by Gasteiger charge is 2.25. The van der Waals surface area contributed by atoms with Crippen molar-refractivity contribution in [2.24, 2.45) is 5.92 Å². The van der Waals surface area contributed by atoms with Gasteiger partial charge < -0.3 is 9.64 Å². The van der Waals surface area contributed by atoms with Gasteiger partial charge in [-0.05, 0) is 31.6 Å². The van der Waals surface area contributed by atoms with E-state index in [2.05, 4.69) is 28.2 Å². The third kappa shape index (κ3) is 3.89. The number of rotatable bonds is 6. The van der Waals surface area contributed by atoms with E-state index >= 15 is 0 Å². The van der Waals surface area contributed by atoms with Crippen molar-refractivity contribution in [2.45, 2.75) is 58.1 Å². The molecule has 0 unspecified atom stereocenters. The number of aromatic nitrogens is 2. The Hall–Kier alpha value is -0.680. The molecule has 4 nitrogen and oxygen atoms in total. The van der Waals surface area contributed by atoms with Crippen molar-refractivity contribution in [1.82, 2.24) is 9.36 Å². The first-order chi connectivity index (χ1) is 9.24. The summed E-state index contributed by atoms with van der Waals surface area (Å²) in [5.41, 5.74) is 0. The molecule has 0 saturated heterocycles. The van der Waals surface area contributed by atoms with Crippen molar-refractivity contribution < 1.29 is 4.74 Å². The maximum Gasteiger partial charge on any atom is 0.205 e. The summed E-state index contributed by atoms with van der Waals surface area (Å²) in [4.78, 5) is 6.86. The molecule has 0 bridgehead atoms. The Morgan fingerprint density at radius 3 is 2.68 bits per heavy atom. The minimum atomic E-state index is 0.508. The molecule has 1 aliphatic carbocycles. The normalized spacial score (nSPS) is 23.5. The van der Waals surface area contributed by atoms with Gasteiger partial charge in [-0.2, -0.15) is 4.37 Å². The van der Waals surface area contributed by atoms with E-state index in [9.17, 15) is 0 Å². The van der Waals surface area contributed by atoms with Crippen molar-refractivity contribution in [3.05, 3.63) is 5.82 Å². The van der Waals surface area contributed by atoms with Crippen LogP contribution in [0.2, 0.25) is 0 Å². The summed E-state index contributed by atoms with van der Waals surface area (Å²) in [7, 11) is 3.83. The van der Waals surface area contributed by atoms with Crippen molar-refractivity contribution in [1.29, 1.82) is 0 Å². The molecule has 0 spiro atoms. The highest BCUT2D eigenvalue weighted by Crippen LogP contribution is 2.32. The zero-order valence-electron chi connectivity index (χ0n) is 12.3. The van der Waals surface area contributed by atoms with E-state index in [-0.39, 0.29) is 0 Å². The van der Waals surface area contributed by atoms with Gasteiger partial charge in [0.15, 0.2) is 5.82 Å². The minimum absolute atomic E-state index is 0.508. The SMILES string of the molecule is CCCC1CCC(N(C)c2nc(COC)ns2)CC1. The number of nitrogens with zero attached hydrogens (tertiary/aromatic N) is 3. The molecule has 1 fully saturated rings. The monoisotopic (exact) mass is 283 g/mol. The Bertz CT molecular complexity index is 375. The Morgan fingerprint density at radius 2 is 2.05 bits per heavy atom. The number of ether oxygens (including phenoxy) is 1. The third-order valence-corrected chi connectivity index (χ3v) is 4.94. The molecule has 1 heterocycles. The van der Waals surface area contributed by atoms with Gasteiger partial charge in [-0.3, -0.25) is 0 Å². The molecule has 0 atom stereocenters. The fourth-order valence-electron chi connectivity index (χ4n) is 2.96. The molecule has 1 aromatic rings. The molecule has 0 radical (unpaired) electrons. The quantitative estimate of drug-likeness (QED) is 0.801. The van der Waals surface area contributed by atoms with Gasteiger partial charge in [-0.1, -0.05) is 19.8 Å². The van der Waals surface area contributed by atoms with Gasteiger partial charge in [0.1, 0.15) is 6.61 Å². The molecular weight excluding hydrogens is 258 g/mol. The smallest absolute Gasteiger partial charge is 0.205 e. The van der Waals surface area contributed by atoms with Crippen LogP contribution in [0.25, 0.3) is 0 Å². The van der Waals surface area contributed by atoms with E-state index in [0.717, 1.165) is 16.9 Å². The predicted molar refractivity (Wildman–Crippen MR) is 79.7 cm³/mol. The molecule has 0 aliphatic heterocycles. The van der Waals surface area contributed by atoms with Gasteiger partial charge in [-0.25, -0.2) is 4.98 Å². The Morgan fingerprint density at radius 1 is 1.32 bits per heavy atom. The van der Waals surface area contributed by atoms with Crippen LogP contribution in [0.1, 0.15) is 51.3 Å². The number of hydrogen-bond donors (Lipinski definition) is 0. The standard InChI is InChI=1S/C14H25N3OS/c1-4-5-11-6-8-12(9-7-11)17(2)14-15-13(10-18-3)16-19-14/h11-12H,4-10H2,1-3H3. The van der Waals surface area contributed by atoms with Crippen LogP contribution in [0.5, 0.6) is 0 Å². The lowest BCUT2D eigenvalue weighted by Gasteiger charge is -2.34. The Balaban J connectivity index is 1.87. The van der Waals surface area contributed by atoms with Crippen LogP contribution in [0.4, 0.5) is 5.13 Å². The fourth-order valence-corrected chi connectivity index (χ4v) is 3.67. The highest BCUT2D eigenvalue weighted by atomic mass is 32.1. The molecule has 0 N–H and O–H groups in total. The average molecular weight is 283 g/mol. The van der Waals surface area contributed by atoms with Gasteiger partial charge >= 0.3 is 0 Å². The molecular formula is C14H25N3OS. The molecule has 1 saturated carbocycles. The molecule has 5 heteroatoms. The zero-order valence-corrected chi connectivity index (χ0v) is 13.1. The number of anilines is 1. The lowest BCUT2D eigenvalue weighted by molar-refractivity contribution is 0.179. The molecule has 19 heavy (non-hydrogen) atoms. The third-order valence-electron chi connectivity index (χ3n) is 4.09. The Labute approximate surface area is 120 Å². The van der Waals surface area contributed by atoms with Gasteiger partial charge in [-0.15, -0.1) is 0 Å².